The van der Waals surface area contributed by atoms with Crippen molar-refractivity contribution in [3.63, 3.8) is 0 Å². The monoisotopic (exact) mass is 569 g/mol. The van der Waals surface area contributed by atoms with Gasteiger partial charge in [0.05, 0.1) is 18.1 Å². The molecule has 2 aromatic heterocycles. The normalized spacial score (nSPS) is 13.2. The summed E-state index contributed by atoms with van der Waals surface area (Å²) in [5.41, 5.74) is 7.53. The molecular formula is C36H51N5O. The first-order valence-corrected chi connectivity index (χ1v) is 15.3. The number of allylic oxidation sites excluding steroid dienone is 6. The summed E-state index contributed by atoms with van der Waals surface area (Å²) in [5.74, 6) is 1.44. The summed E-state index contributed by atoms with van der Waals surface area (Å²) >= 11 is 0. The van der Waals surface area contributed by atoms with Gasteiger partial charge in [0, 0.05) is 53.7 Å². The molecule has 2 N–H and O–H groups in total. The maximum Gasteiger partial charge on any atom is 0.227 e. The van der Waals surface area contributed by atoms with E-state index < -0.39 is 0 Å². The summed E-state index contributed by atoms with van der Waals surface area (Å²) in [4.78, 5) is 15.0. The van der Waals surface area contributed by atoms with Crippen LogP contribution >= 0.6 is 0 Å². The van der Waals surface area contributed by atoms with Gasteiger partial charge in [0.2, 0.25) is 5.95 Å². The molecule has 3 heterocycles. The molecule has 226 valence electrons. The third kappa shape index (κ3) is 11.1. The van der Waals surface area contributed by atoms with E-state index in [9.17, 15) is 0 Å². The Balaban J connectivity index is 0.000000601. The lowest BCUT2D eigenvalue weighted by molar-refractivity contribution is 0.235. The third-order valence-corrected chi connectivity index (χ3v) is 6.40. The minimum atomic E-state index is 0.573. The van der Waals surface area contributed by atoms with Gasteiger partial charge in [-0.15, -0.1) is 0 Å². The van der Waals surface area contributed by atoms with Crippen LogP contribution in [0.25, 0.3) is 23.4 Å². The first kappa shape index (κ1) is 34.1. The lowest BCUT2D eigenvalue weighted by atomic mass is 10.1. The predicted octanol–water partition coefficient (Wildman–Crippen LogP) is 10.2. The zero-order chi connectivity index (χ0) is 30.7. The lowest BCUT2D eigenvalue weighted by Crippen LogP contribution is -2.29. The molecular weight excluding hydrogens is 518 g/mol. The van der Waals surface area contributed by atoms with Crippen molar-refractivity contribution in [2.24, 2.45) is 0 Å². The Morgan fingerprint density at radius 3 is 2.31 bits per heavy atom. The molecule has 0 saturated carbocycles. The van der Waals surface area contributed by atoms with Gasteiger partial charge in [-0.05, 0) is 103 Å². The summed E-state index contributed by atoms with van der Waals surface area (Å²) < 4.78 is 5.67. The second-order valence-electron chi connectivity index (χ2n) is 9.97. The molecule has 1 aromatic carbocycles. The van der Waals surface area contributed by atoms with Crippen LogP contribution in [0.5, 0.6) is 0 Å². The number of hydrogen-bond acceptors (Lipinski definition) is 5. The van der Waals surface area contributed by atoms with Crippen LogP contribution in [0.2, 0.25) is 0 Å². The molecule has 0 spiro atoms. The molecule has 0 bridgehead atoms. The number of ether oxygens (including phenoxy) is 1. The van der Waals surface area contributed by atoms with Gasteiger partial charge >= 0.3 is 0 Å². The quantitative estimate of drug-likeness (QED) is 0.198. The Morgan fingerprint density at radius 2 is 1.71 bits per heavy atom. The van der Waals surface area contributed by atoms with E-state index in [0.717, 1.165) is 47.1 Å². The highest BCUT2D eigenvalue weighted by Gasteiger charge is 2.13. The average molecular weight is 570 g/mol. The van der Waals surface area contributed by atoms with Crippen molar-refractivity contribution >= 4 is 29.5 Å². The van der Waals surface area contributed by atoms with Crippen molar-refractivity contribution < 1.29 is 4.74 Å². The number of rotatable bonds is 9. The summed E-state index contributed by atoms with van der Waals surface area (Å²) in [6.45, 7) is 19.1. The van der Waals surface area contributed by atoms with Crippen molar-refractivity contribution in [3.05, 3.63) is 89.6 Å². The van der Waals surface area contributed by atoms with Gasteiger partial charge in [-0.2, -0.15) is 0 Å². The number of hydrogen-bond donors (Lipinski definition) is 2. The molecule has 6 heteroatoms. The minimum absolute atomic E-state index is 0.573. The number of aromatic amines is 1. The van der Waals surface area contributed by atoms with Crippen molar-refractivity contribution in [1.82, 2.24) is 15.0 Å². The fourth-order valence-electron chi connectivity index (χ4n) is 4.49. The Kier molecular flexibility index (Phi) is 15.6. The lowest BCUT2D eigenvalue weighted by Gasteiger charge is -2.28. The zero-order valence-corrected chi connectivity index (χ0v) is 27.0. The van der Waals surface area contributed by atoms with Crippen molar-refractivity contribution in [2.45, 2.75) is 74.7 Å². The van der Waals surface area contributed by atoms with Gasteiger partial charge in [-0.3, -0.25) is 0 Å². The van der Waals surface area contributed by atoms with Crippen LogP contribution in [0.3, 0.4) is 0 Å². The van der Waals surface area contributed by atoms with Gasteiger partial charge in [-0.1, -0.05) is 43.7 Å². The predicted molar refractivity (Wildman–Crippen MR) is 183 cm³/mol. The molecule has 0 unspecified atom stereocenters. The number of benzene rings is 1. The van der Waals surface area contributed by atoms with Crippen LogP contribution in [0.15, 0.2) is 78.4 Å². The first-order chi connectivity index (χ1) is 20.4. The molecule has 1 aliphatic heterocycles. The van der Waals surface area contributed by atoms with Crippen molar-refractivity contribution in [3.8, 4) is 11.3 Å². The van der Waals surface area contributed by atoms with Gasteiger partial charge < -0.3 is 19.9 Å². The molecule has 6 nitrogen and oxygen atoms in total. The second-order valence-corrected chi connectivity index (χ2v) is 9.97. The maximum absolute atomic E-state index is 5.67. The SMILES string of the molecule is C/C=C\C=C(C)C.C/C=C\c1[nH]cc(-c2ccnc(Nc3ccc(N4CCCCC4)cc3)n2)c1/C=C(\C)OCC.CC. The molecule has 4 rings (SSSR count). The minimum Gasteiger partial charge on any atom is -0.499 e. The van der Waals surface area contributed by atoms with Crippen LogP contribution in [-0.4, -0.2) is 34.6 Å². The molecule has 1 aliphatic rings. The highest BCUT2D eigenvalue weighted by atomic mass is 16.5. The molecule has 1 fully saturated rings. The van der Waals surface area contributed by atoms with E-state index in [0.29, 0.717) is 12.6 Å². The van der Waals surface area contributed by atoms with Gasteiger partial charge in [0.1, 0.15) is 0 Å². The number of aromatic nitrogens is 3. The Morgan fingerprint density at radius 1 is 1.00 bits per heavy atom. The highest BCUT2D eigenvalue weighted by molar-refractivity contribution is 5.79. The van der Waals surface area contributed by atoms with Crippen LogP contribution in [-0.2, 0) is 4.74 Å². The largest absolute Gasteiger partial charge is 0.499 e. The summed E-state index contributed by atoms with van der Waals surface area (Å²) in [7, 11) is 0. The molecule has 42 heavy (non-hydrogen) atoms. The standard InChI is InChI=1S/C27H33N5O.C7H12.C2H6/c1-4-9-25-23(18-20(3)33-5-2)24(19-29-25)26-14-15-28-27(31-26)30-21-10-12-22(13-11-21)32-16-7-6-8-17-32;1-4-5-6-7(2)3;1-2/h4,9-15,18-19,29H,5-8,16-17H2,1-3H3,(H,28,30,31);4-6H,1-3H3;1-2H3/b9-4-,20-18+;5-4-;. The van der Waals surface area contributed by atoms with E-state index in [-0.39, 0.29) is 0 Å². The Labute approximate surface area is 254 Å². The van der Waals surface area contributed by atoms with Crippen LogP contribution in [0.4, 0.5) is 17.3 Å². The Bertz CT molecular complexity index is 1300. The van der Waals surface area contributed by atoms with Crippen LogP contribution in [0, 0.1) is 0 Å². The van der Waals surface area contributed by atoms with Crippen molar-refractivity contribution in [2.75, 3.05) is 29.9 Å². The average Bonchev–Trinajstić information content (AvgIpc) is 3.40. The highest BCUT2D eigenvalue weighted by Crippen LogP contribution is 2.29. The maximum atomic E-state index is 5.67. The van der Waals surface area contributed by atoms with Gasteiger partial charge in [-0.25, -0.2) is 9.97 Å². The van der Waals surface area contributed by atoms with E-state index in [1.54, 1.807) is 6.20 Å². The molecule has 3 aromatic rings. The fraction of sp³-hybridized carbons (Fsp3) is 0.389. The van der Waals surface area contributed by atoms with E-state index in [2.05, 4.69) is 76.5 Å². The smallest absolute Gasteiger partial charge is 0.227 e. The summed E-state index contributed by atoms with van der Waals surface area (Å²) in [5, 5.41) is 3.35. The van der Waals surface area contributed by atoms with Crippen LogP contribution in [0.1, 0.15) is 85.9 Å². The summed E-state index contributed by atoms with van der Waals surface area (Å²) in [6.07, 6.45) is 19.9. The zero-order valence-electron chi connectivity index (χ0n) is 27.0. The number of nitrogens with one attached hydrogen (secondary N) is 2. The van der Waals surface area contributed by atoms with Crippen molar-refractivity contribution in [1.29, 1.82) is 0 Å². The first-order valence-electron chi connectivity index (χ1n) is 15.3. The van der Waals surface area contributed by atoms with E-state index >= 15 is 0 Å². The van der Waals surface area contributed by atoms with Gasteiger partial charge in [0.15, 0.2) is 0 Å². The van der Waals surface area contributed by atoms with E-state index in [1.165, 1.54) is 30.5 Å². The van der Waals surface area contributed by atoms with E-state index in [4.69, 9.17) is 9.72 Å². The number of piperidine rings is 1. The molecule has 1 saturated heterocycles. The third-order valence-electron chi connectivity index (χ3n) is 6.40. The summed E-state index contributed by atoms with van der Waals surface area (Å²) in [6, 6.07) is 10.5. The number of H-pyrrole nitrogens is 1. The molecule has 0 aliphatic carbocycles. The Hall–Kier alpha value is -4.06. The molecule has 0 atom stereocenters. The molecule has 0 radical (unpaired) electrons. The number of nitrogens with zero attached hydrogens (tertiary/aromatic N) is 3. The second kappa shape index (κ2) is 19.1. The topological polar surface area (TPSA) is 66.1 Å². The van der Waals surface area contributed by atoms with E-state index in [1.807, 2.05) is 72.0 Å². The number of anilines is 3. The molecule has 0 amide bonds. The van der Waals surface area contributed by atoms with Crippen LogP contribution < -0.4 is 10.2 Å². The van der Waals surface area contributed by atoms with Gasteiger partial charge in [0.25, 0.3) is 0 Å². The fourth-order valence-corrected chi connectivity index (χ4v) is 4.49.